The van der Waals surface area contributed by atoms with E-state index in [9.17, 15) is 9.59 Å². The summed E-state index contributed by atoms with van der Waals surface area (Å²) < 4.78 is 0. The number of fused-ring (bicyclic) bond motifs is 1. The fourth-order valence-corrected chi connectivity index (χ4v) is 1.92. The number of carbonyl (C=O) groups excluding carboxylic acids is 2. The van der Waals surface area contributed by atoms with Crippen molar-refractivity contribution in [3.63, 3.8) is 0 Å². The number of rotatable bonds is 3. The minimum absolute atomic E-state index is 0.209. The van der Waals surface area contributed by atoms with Gasteiger partial charge in [0.05, 0.1) is 5.39 Å². The third kappa shape index (κ3) is 1.91. The van der Waals surface area contributed by atoms with E-state index in [-0.39, 0.29) is 5.78 Å². The standard InChI is InChI=1S/C14H9N3O2/c18-8-9-3-1-4-10(7-9)13(19)12-11-5-2-6-15-14(11)17-16-12/h1-8H,(H,15,16,17). The number of aldehydes is 1. The maximum absolute atomic E-state index is 12.4. The lowest BCUT2D eigenvalue weighted by atomic mass is 10.0. The van der Waals surface area contributed by atoms with Crippen LogP contribution >= 0.6 is 0 Å². The number of hydrogen-bond donors (Lipinski definition) is 1. The SMILES string of the molecule is O=Cc1cccc(C(=O)c2[nH]nc3ncccc23)c1. The van der Waals surface area contributed by atoms with E-state index in [0.717, 1.165) is 0 Å². The van der Waals surface area contributed by atoms with Crippen LogP contribution in [0.3, 0.4) is 0 Å². The highest BCUT2D eigenvalue weighted by atomic mass is 16.1. The van der Waals surface area contributed by atoms with Crippen molar-refractivity contribution in [1.82, 2.24) is 15.2 Å². The lowest BCUT2D eigenvalue weighted by Crippen LogP contribution is -2.03. The Morgan fingerprint density at radius 2 is 2.11 bits per heavy atom. The molecule has 0 unspecified atom stereocenters. The van der Waals surface area contributed by atoms with E-state index in [4.69, 9.17) is 0 Å². The lowest BCUT2D eigenvalue weighted by molar-refractivity contribution is 0.103. The minimum atomic E-state index is -0.209. The van der Waals surface area contributed by atoms with Crippen LogP contribution in [0.2, 0.25) is 0 Å². The summed E-state index contributed by atoms with van der Waals surface area (Å²) in [7, 11) is 0. The number of carbonyl (C=O) groups is 2. The summed E-state index contributed by atoms with van der Waals surface area (Å²) >= 11 is 0. The van der Waals surface area contributed by atoms with Crippen LogP contribution in [0.5, 0.6) is 0 Å². The van der Waals surface area contributed by atoms with Crippen molar-refractivity contribution in [2.75, 3.05) is 0 Å². The normalized spacial score (nSPS) is 10.5. The van der Waals surface area contributed by atoms with Gasteiger partial charge in [-0.3, -0.25) is 14.7 Å². The quantitative estimate of drug-likeness (QED) is 0.570. The zero-order valence-corrected chi connectivity index (χ0v) is 9.83. The monoisotopic (exact) mass is 251 g/mol. The number of aromatic amines is 1. The van der Waals surface area contributed by atoms with E-state index in [2.05, 4.69) is 15.2 Å². The van der Waals surface area contributed by atoms with E-state index in [0.29, 0.717) is 34.1 Å². The van der Waals surface area contributed by atoms with Gasteiger partial charge in [0.2, 0.25) is 5.78 Å². The summed E-state index contributed by atoms with van der Waals surface area (Å²) in [4.78, 5) is 27.2. The van der Waals surface area contributed by atoms with Gasteiger partial charge in [-0.15, -0.1) is 0 Å². The zero-order valence-electron chi connectivity index (χ0n) is 9.83. The van der Waals surface area contributed by atoms with Crippen molar-refractivity contribution in [2.45, 2.75) is 0 Å². The molecule has 5 nitrogen and oxygen atoms in total. The molecule has 3 rings (SSSR count). The first-order valence-electron chi connectivity index (χ1n) is 5.68. The smallest absolute Gasteiger partial charge is 0.211 e. The van der Waals surface area contributed by atoms with Gasteiger partial charge in [-0.25, -0.2) is 4.98 Å². The van der Waals surface area contributed by atoms with E-state index >= 15 is 0 Å². The molecule has 0 saturated carbocycles. The molecule has 2 heterocycles. The topological polar surface area (TPSA) is 75.7 Å². The summed E-state index contributed by atoms with van der Waals surface area (Å²) in [6.07, 6.45) is 2.33. The second-order valence-electron chi connectivity index (χ2n) is 4.05. The number of aromatic nitrogens is 3. The summed E-state index contributed by atoms with van der Waals surface area (Å²) in [6, 6.07) is 10.1. The third-order valence-electron chi connectivity index (χ3n) is 2.84. The fourth-order valence-electron chi connectivity index (χ4n) is 1.92. The molecule has 19 heavy (non-hydrogen) atoms. The van der Waals surface area contributed by atoms with Gasteiger partial charge in [-0.05, 0) is 18.2 Å². The molecule has 0 saturated heterocycles. The predicted octanol–water partition coefficient (Wildman–Crippen LogP) is 2.00. The highest BCUT2D eigenvalue weighted by Gasteiger charge is 2.15. The molecular weight excluding hydrogens is 242 g/mol. The van der Waals surface area contributed by atoms with Gasteiger partial charge in [0.25, 0.3) is 0 Å². The molecule has 2 aromatic heterocycles. The summed E-state index contributed by atoms with van der Waals surface area (Å²) in [6.45, 7) is 0. The Balaban J connectivity index is 2.10. The van der Waals surface area contributed by atoms with Crippen molar-refractivity contribution in [3.8, 4) is 0 Å². The number of hydrogen-bond acceptors (Lipinski definition) is 4. The van der Waals surface area contributed by atoms with Crippen LogP contribution in [-0.2, 0) is 0 Å². The number of ketones is 1. The molecule has 0 amide bonds. The van der Waals surface area contributed by atoms with Crippen LogP contribution in [-0.4, -0.2) is 27.3 Å². The van der Waals surface area contributed by atoms with Crippen molar-refractivity contribution in [1.29, 1.82) is 0 Å². The molecule has 0 atom stereocenters. The van der Waals surface area contributed by atoms with Crippen molar-refractivity contribution >= 4 is 23.1 Å². The van der Waals surface area contributed by atoms with E-state index in [1.807, 2.05) is 0 Å². The van der Waals surface area contributed by atoms with Crippen LogP contribution in [0, 0.1) is 0 Å². The maximum atomic E-state index is 12.4. The molecular formula is C14H9N3O2. The summed E-state index contributed by atoms with van der Waals surface area (Å²) in [5, 5.41) is 7.35. The summed E-state index contributed by atoms with van der Waals surface area (Å²) in [5.74, 6) is -0.209. The number of nitrogens with zero attached hydrogens (tertiary/aromatic N) is 2. The van der Waals surface area contributed by atoms with Gasteiger partial charge in [0.1, 0.15) is 12.0 Å². The van der Waals surface area contributed by atoms with E-state index < -0.39 is 0 Å². The number of nitrogens with one attached hydrogen (secondary N) is 1. The molecule has 0 aliphatic heterocycles. The molecule has 1 N–H and O–H groups in total. The Hall–Kier alpha value is -2.82. The highest BCUT2D eigenvalue weighted by Crippen LogP contribution is 2.17. The molecule has 5 heteroatoms. The third-order valence-corrected chi connectivity index (χ3v) is 2.84. The first-order valence-corrected chi connectivity index (χ1v) is 5.68. The van der Waals surface area contributed by atoms with E-state index in [1.54, 1.807) is 42.6 Å². The van der Waals surface area contributed by atoms with Crippen LogP contribution in [0.15, 0.2) is 42.6 Å². The highest BCUT2D eigenvalue weighted by molar-refractivity contribution is 6.14. The average molecular weight is 251 g/mol. The molecule has 0 bridgehead atoms. The molecule has 0 radical (unpaired) electrons. The van der Waals surface area contributed by atoms with Crippen molar-refractivity contribution in [2.24, 2.45) is 0 Å². The van der Waals surface area contributed by atoms with Crippen LogP contribution < -0.4 is 0 Å². The molecule has 0 spiro atoms. The first kappa shape index (κ1) is 11.3. The fraction of sp³-hybridized carbons (Fsp3) is 0. The number of H-pyrrole nitrogens is 1. The predicted molar refractivity (Wildman–Crippen MR) is 69.2 cm³/mol. The number of benzene rings is 1. The molecule has 1 aromatic carbocycles. The van der Waals surface area contributed by atoms with Gasteiger partial charge < -0.3 is 0 Å². The first-order chi connectivity index (χ1) is 9.29. The molecule has 92 valence electrons. The minimum Gasteiger partial charge on any atom is -0.298 e. The average Bonchev–Trinajstić information content (AvgIpc) is 2.90. The van der Waals surface area contributed by atoms with Crippen LogP contribution in [0.1, 0.15) is 26.4 Å². The van der Waals surface area contributed by atoms with Gasteiger partial charge in [-0.2, -0.15) is 5.10 Å². The van der Waals surface area contributed by atoms with Gasteiger partial charge in [-0.1, -0.05) is 18.2 Å². The van der Waals surface area contributed by atoms with Crippen molar-refractivity contribution < 1.29 is 9.59 Å². The van der Waals surface area contributed by atoms with E-state index in [1.165, 1.54) is 0 Å². The Morgan fingerprint density at radius 1 is 1.21 bits per heavy atom. The summed E-state index contributed by atoms with van der Waals surface area (Å²) in [5.41, 5.74) is 1.79. The molecule has 0 aliphatic carbocycles. The Labute approximate surface area is 108 Å². The Bertz CT molecular complexity index is 777. The Kier molecular flexibility index (Phi) is 2.64. The van der Waals surface area contributed by atoms with Gasteiger partial charge in [0.15, 0.2) is 5.65 Å². The van der Waals surface area contributed by atoms with Gasteiger partial charge >= 0.3 is 0 Å². The van der Waals surface area contributed by atoms with Gasteiger partial charge in [0, 0.05) is 17.3 Å². The molecule has 0 aliphatic rings. The zero-order chi connectivity index (χ0) is 13.2. The van der Waals surface area contributed by atoms with Crippen LogP contribution in [0.25, 0.3) is 11.0 Å². The Morgan fingerprint density at radius 3 is 2.95 bits per heavy atom. The maximum Gasteiger partial charge on any atom is 0.211 e. The van der Waals surface area contributed by atoms with Crippen LogP contribution in [0.4, 0.5) is 0 Å². The second kappa shape index (κ2) is 4.45. The second-order valence-corrected chi connectivity index (χ2v) is 4.05. The number of pyridine rings is 1. The van der Waals surface area contributed by atoms with Crippen molar-refractivity contribution in [3.05, 3.63) is 59.4 Å². The largest absolute Gasteiger partial charge is 0.298 e. The lowest BCUT2D eigenvalue weighted by Gasteiger charge is -1.99. The molecule has 3 aromatic rings. The molecule has 0 fully saturated rings.